The van der Waals surface area contributed by atoms with Gasteiger partial charge in [0.25, 0.3) is 0 Å². The Morgan fingerprint density at radius 1 is 0.938 bits per heavy atom. The lowest BCUT2D eigenvalue weighted by Crippen LogP contribution is -2.39. The Morgan fingerprint density at radius 2 is 1.56 bits per heavy atom. The standard InChI is InChI=1S/C16H29/c1-15(2)11-10-14(16(3,4)12-15)13-8-6-5-7-9-13/h14H,5-12H2,1-4H3. The van der Waals surface area contributed by atoms with E-state index >= 15 is 0 Å². The van der Waals surface area contributed by atoms with E-state index in [0.717, 1.165) is 5.92 Å². The Morgan fingerprint density at radius 3 is 2.12 bits per heavy atom. The quantitative estimate of drug-likeness (QED) is 0.558. The molecule has 2 saturated carbocycles. The van der Waals surface area contributed by atoms with Crippen LogP contribution in [0, 0.1) is 22.7 Å². The highest BCUT2D eigenvalue weighted by atomic mass is 14.5. The molecule has 0 aromatic rings. The molecular weight excluding hydrogens is 192 g/mol. The molecule has 2 rings (SSSR count). The van der Waals surface area contributed by atoms with Crippen LogP contribution in [0.3, 0.4) is 0 Å². The first-order valence-electron chi connectivity index (χ1n) is 7.25. The molecule has 0 saturated heterocycles. The molecule has 1 unspecified atom stereocenters. The largest absolute Gasteiger partial charge is 0.0599 e. The molecular formula is C16H29. The van der Waals surface area contributed by atoms with Crippen LogP contribution in [0.1, 0.15) is 79.1 Å². The maximum atomic E-state index is 2.51. The average molecular weight is 221 g/mol. The highest BCUT2D eigenvalue weighted by Gasteiger charge is 2.43. The maximum absolute atomic E-state index is 2.51. The maximum Gasteiger partial charge on any atom is -0.0205 e. The fourth-order valence-corrected chi connectivity index (χ4v) is 4.48. The average Bonchev–Trinajstić information content (AvgIpc) is 2.16. The molecule has 2 aliphatic carbocycles. The van der Waals surface area contributed by atoms with Crippen molar-refractivity contribution < 1.29 is 0 Å². The van der Waals surface area contributed by atoms with E-state index in [0.29, 0.717) is 10.8 Å². The lowest BCUT2D eigenvalue weighted by Gasteiger charge is -2.50. The fraction of sp³-hybridized carbons (Fsp3) is 0.938. The predicted molar refractivity (Wildman–Crippen MR) is 71.2 cm³/mol. The Labute approximate surface area is 102 Å². The zero-order valence-electron chi connectivity index (χ0n) is 11.7. The minimum Gasteiger partial charge on any atom is -0.0599 e. The molecule has 2 fully saturated rings. The summed E-state index contributed by atoms with van der Waals surface area (Å²) in [5, 5.41) is 0. The molecule has 93 valence electrons. The molecule has 0 nitrogen and oxygen atoms in total. The van der Waals surface area contributed by atoms with Crippen LogP contribution >= 0.6 is 0 Å². The molecule has 2 aliphatic rings. The summed E-state index contributed by atoms with van der Waals surface area (Å²) in [5.41, 5.74) is 1.13. The molecule has 0 N–H and O–H groups in total. The smallest absolute Gasteiger partial charge is 0.0205 e. The first-order chi connectivity index (χ1) is 7.41. The number of hydrogen-bond donors (Lipinski definition) is 0. The summed E-state index contributed by atoms with van der Waals surface area (Å²) in [6, 6.07) is 0. The summed E-state index contributed by atoms with van der Waals surface area (Å²) in [4.78, 5) is 0. The van der Waals surface area contributed by atoms with Gasteiger partial charge in [-0.15, -0.1) is 0 Å². The Bertz CT molecular complexity index is 230. The fourth-order valence-electron chi connectivity index (χ4n) is 4.48. The van der Waals surface area contributed by atoms with Crippen molar-refractivity contribution in [1.82, 2.24) is 0 Å². The molecule has 0 bridgehead atoms. The van der Waals surface area contributed by atoms with E-state index in [4.69, 9.17) is 0 Å². The van der Waals surface area contributed by atoms with Crippen molar-refractivity contribution in [1.29, 1.82) is 0 Å². The third-order valence-corrected chi connectivity index (χ3v) is 4.98. The molecule has 0 aromatic carbocycles. The minimum absolute atomic E-state index is 0.550. The molecule has 0 spiro atoms. The van der Waals surface area contributed by atoms with Gasteiger partial charge in [-0.05, 0) is 54.8 Å². The third kappa shape index (κ3) is 2.63. The third-order valence-electron chi connectivity index (χ3n) is 4.98. The van der Waals surface area contributed by atoms with Crippen LogP contribution in [-0.4, -0.2) is 0 Å². The molecule has 0 heteroatoms. The van der Waals surface area contributed by atoms with Crippen LogP contribution < -0.4 is 0 Å². The first-order valence-corrected chi connectivity index (χ1v) is 7.25. The van der Waals surface area contributed by atoms with Crippen molar-refractivity contribution in [2.45, 2.75) is 79.1 Å². The van der Waals surface area contributed by atoms with Crippen molar-refractivity contribution in [3.8, 4) is 0 Å². The van der Waals surface area contributed by atoms with E-state index in [2.05, 4.69) is 27.7 Å². The van der Waals surface area contributed by atoms with Gasteiger partial charge in [0.1, 0.15) is 0 Å². The molecule has 1 atom stereocenters. The highest BCUT2D eigenvalue weighted by molar-refractivity contribution is 5.07. The second kappa shape index (κ2) is 4.35. The second-order valence-electron chi connectivity index (χ2n) is 7.64. The van der Waals surface area contributed by atoms with Crippen molar-refractivity contribution in [2.24, 2.45) is 16.7 Å². The van der Waals surface area contributed by atoms with Gasteiger partial charge in [-0.1, -0.05) is 47.0 Å². The van der Waals surface area contributed by atoms with E-state index < -0.39 is 0 Å². The zero-order chi connectivity index (χ0) is 11.8. The Hall–Kier alpha value is 0. The summed E-state index contributed by atoms with van der Waals surface area (Å²) in [5.74, 6) is 2.85. The lowest BCUT2D eigenvalue weighted by atomic mass is 9.55. The summed E-state index contributed by atoms with van der Waals surface area (Å²) < 4.78 is 0. The van der Waals surface area contributed by atoms with Crippen molar-refractivity contribution >= 4 is 0 Å². The normalized spacial score (nSPS) is 34.9. The number of rotatable bonds is 1. The van der Waals surface area contributed by atoms with Crippen LogP contribution in [0.25, 0.3) is 0 Å². The van der Waals surface area contributed by atoms with Gasteiger partial charge in [0.2, 0.25) is 0 Å². The van der Waals surface area contributed by atoms with Crippen molar-refractivity contribution in [3.63, 3.8) is 0 Å². The lowest BCUT2D eigenvalue weighted by molar-refractivity contribution is 0.0492. The van der Waals surface area contributed by atoms with Gasteiger partial charge < -0.3 is 0 Å². The van der Waals surface area contributed by atoms with Gasteiger partial charge in [-0.3, -0.25) is 0 Å². The molecule has 16 heavy (non-hydrogen) atoms. The van der Waals surface area contributed by atoms with Crippen LogP contribution in [0.5, 0.6) is 0 Å². The molecule has 0 amide bonds. The first kappa shape index (κ1) is 12.5. The van der Waals surface area contributed by atoms with Gasteiger partial charge in [0.15, 0.2) is 0 Å². The summed E-state index contributed by atoms with van der Waals surface area (Å²) in [6.07, 6.45) is 11.6. The Kier molecular flexibility index (Phi) is 3.39. The highest BCUT2D eigenvalue weighted by Crippen LogP contribution is 2.54. The monoisotopic (exact) mass is 221 g/mol. The van der Waals surface area contributed by atoms with Crippen LogP contribution in [0.4, 0.5) is 0 Å². The van der Waals surface area contributed by atoms with E-state index in [-0.39, 0.29) is 0 Å². The summed E-state index contributed by atoms with van der Waals surface area (Å²) in [6.45, 7) is 9.94. The molecule has 0 heterocycles. The van der Waals surface area contributed by atoms with Crippen LogP contribution in [0.15, 0.2) is 0 Å². The van der Waals surface area contributed by atoms with Crippen LogP contribution in [-0.2, 0) is 0 Å². The summed E-state index contributed by atoms with van der Waals surface area (Å²) >= 11 is 0. The topological polar surface area (TPSA) is 0 Å². The second-order valence-corrected chi connectivity index (χ2v) is 7.64. The number of hydrogen-bond acceptors (Lipinski definition) is 0. The van der Waals surface area contributed by atoms with Gasteiger partial charge in [-0.25, -0.2) is 0 Å². The Balaban J connectivity index is 2.04. The SMILES string of the molecule is CC1(C)CCC([C]2CCCCC2)C(C)(C)C1. The molecule has 1 radical (unpaired) electrons. The van der Waals surface area contributed by atoms with E-state index in [9.17, 15) is 0 Å². The van der Waals surface area contributed by atoms with Gasteiger partial charge in [-0.2, -0.15) is 0 Å². The minimum atomic E-state index is 0.550. The van der Waals surface area contributed by atoms with E-state index in [1.165, 1.54) is 51.4 Å². The summed E-state index contributed by atoms with van der Waals surface area (Å²) in [7, 11) is 0. The predicted octanol–water partition coefficient (Wildman–Crippen LogP) is 5.38. The molecule has 0 aliphatic heterocycles. The van der Waals surface area contributed by atoms with Crippen molar-refractivity contribution in [2.75, 3.05) is 0 Å². The van der Waals surface area contributed by atoms with Crippen molar-refractivity contribution in [3.05, 3.63) is 5.92 Å². The van der Waals surface area contributed by atoms with E-state index in [1.54, 1.807) is 0 Å². The zero-order valence-corrected chi connectivity index (χ0v) is 11.7. The van der Waals surface area contributed by atoms with Gasteiger partial charge in [0.05, 0.1) is 0 Å². The van der Waals surface area contributed by atoms with Gasteiger partial charge >= 0.3 is 0 Å². The van der Waals surface area contributed by atoms with Crippen LogP contribution in [0.2, 0.25) is 0 Å². The van der Waals surface area contributed by atoms with E-state index in [1.807, 2.05) is 5.92 Å². The molecule has 0 aromatic heterocycles. The van der Waals surface area contributed by atoms with Gasteiger partial charge in [0, 0.05) is 0 Å².